The number of rotatable bonds is 7. The SMILES string of the molecule is COc1ccc(OCCN2CCN(S(=O)(=O)c3cccc(F)c3)CC2)cc1. The van der Waals surface area contributed by atoms with Crippen LogP contribution in [-0.2, 0) is 10.0 Å². The molecule has 2 aromatic carbocycles. The first-order chi connectivity index (χ1) is 13.0. The van der Waals surface area contributed by atoms with Crippen molar-refractivity contribution in [1.82, 2.24) is 9.21 Å². The first kappa shape index (κ1) is 19.6. The summed E-state index contributed by atoms with van der Waals surface area (Å²) in [6, 6.07) is 12.5. The van der Waals surface area contributed by atoms with Crippen molar-refractivity contribution in [2.45, 2.75) is 4.90 Å². The second-order valence-corrected chi connectivity index (χ2v) is 8.17. The van der Waals surface area contributed by atoms with E-state index in [1.165, 1.54) is 22.5 Å². The zero-order chi connectivity index (χ0) is 19.3. The molecule has 2 aromatic rings. The van der Waals surface area contributed by atoms with E-state index in [1.54, 1.807) is 7.11 Å². The lowest BCUT2D eigenvalue weighted by Gasteiger charge is -2.33. The van der Waals surface area contributed by atoms with Crippen molar-refractivity contribution in [2.75, 3.05) is 46.4 Å². The van der Waals surface area contributed by atoms with Crippen LogP contribution in [0, 0.1) is 5.82 Å². The second kappa shape index (κ2) is 8.69. The van der Waals surface area contributed by atoms with Crippen molar-refractivity contribution in [3.63, 3.8) is 0 Å². The van der Waals surface area contributed by atoms with Gasteiger partial charge in [0.25, 0.3) is 0 Å². The minimum absolute atomic E-state index is 0.00112. The summed E-state index contributed by atoms with van der Waals surface area (Å²) < 4.78 is 50.8. The van der Waals surface area contributed by atoms with Crippen molar-refractivity contribution in [2.24, 2.45) is 0 Å². The Bertz CT molecular complexity index is 850. The Morgan fingerprint density at radius 3 is 2.30 bits per heavy atom. The summed E-state index contributed by atoms with van der Waals surface area (Å²) in [7, 11) is -2.04. The van der Waals surface area contributed by atoms with E-state index in [9.17, 15) is 12.8 Å². The molecule has 0 atom stereocenters. The highest BCUT2D eigenvalue weighted by Gasteiger charge is 2.28. The van der Waals surface area contributed by atoms with Crippen molar-refractivity contribution in [1.29, 1.82) is 0 Å². The maximum absolute atomic E-state index is 13.3. The van der Waals surface area contributed by atoms with E-state index in [4.69, 9.17) is 9.47 Å². The third kappa shape index (κ3) is 4.97. The maximum atomic E-state index is 13.3. The first-order valence-electron chi connectivity index (χ1n) is 8.74. The molecule has 0 N–H and O–H groups in total. The van der Waals surface area contributed by atoms with Crippen LogP contribution in [0.4, 0.5) is 4.39 Å². The molecule has 0 radical (unpaired) electrons. The van der Waals surface area contributed by atoms with Crippen LogP contribution in [0.2, 0.25) is 0 Å². The Labute approximate surface area is 159 Å². The molecule has 27 heavy (non-hydrogen) atoms. The van der Waals surface area contributed by atoms with E-state index in [1.807, 2.05) is 24.3 Å². The molecule has 146 valence electrons. The van der Waals surface area contributed by atoms with E-state index < -0.39 is 15.8 Å². The van der Waals surface area contributed by atoms with Gasteiger partial charge in [-0.2, -0.15) is 4.31 Å². The lowest BCUT2D eigenvalue weighted by molar-refractivity contribution is 0.159. The highest BCUT2D eigenvalue weighted by molar-refractivity contribution is 7.89. The first-order valence-corrected chi connectivity index (χ1v) is 10.2. The monoisotopic (exact) mass is 394 g/mol. The van der Waals surface area contributed by atoms with Gasteiger partial charge in [-0.05, 0) is 42.5 Å². The van der Waals surface area contributed by atoms with Gasteiger partial charge in [-0.15, -0.1) is 0 Å². The Morgan fingerprint density at radius 1 is 1.00 bits per heavy atom. The normalized spacial score (nSPS) is 16.2. The molecule has 1 aliphatic heterocycles. The smallest absolute Gasteiger partial charge is 0.243 e. The molecule has 1 heterocycles. The van der Waals surface area contributed by atoms with Crippen LogP contribution in [0.15, 0.2) is 53.4 Å². The van der Waals surface area contributed by atoms with Gasteiger partial charge in [-0.3, -0.25) is 4.90 Å². The predicted octanol–water partition coefficient (Wildman–Crippen LogP) is 2.22. The molecule has 0 unspecified atom stereocenters. The third-order valence-corrected chi connectivity index (χ3v) is 6.40. The number of nitrogens with zero attached hydrogens (tertiary/aromatic N) is 2. The number of sulfonamides is 1. The minimum Gasteiger partial charge on any atom is -0.497 e. The molecule has 6 nitrogen and oxygen atoms in total. The zero-order valence-corrected chi connectivity index (χ0v) is 16.0. The molecule has 0 aliphatic carbocycles. The number of hydrogen-bond donors (Lipinski definition) is 0. The Hall–Kier alpha value is -2.16. The Morgan fingerprint density at radius 2 is 1.67 bits per heavy atom. The molecule has 0 aromatic heterocycles. The largest absolute Gasteiger partial charge is 0.497 e. The van der Waals surface area contributed by atoms with Crippen LogP contribution >= 0.6 is 0 Å². The maximum Gasteiger partial charge on any atom is 0.243 e. The van der Waals surface area contributed by atoms with E-state index >= 15 is 0 Å². The number of halogens is 1. The average molecular weight is 394 g/mol. The van der Waals surface area contributed by atoms with E-state index in [-0.39, 0.29) is 4.90 Å². The molecular weight excluding hydrogens is 371 g/mol. The van der Waals surface area contributed by atoms with Crippen molar-refractivity contribution < 1.29 is 22.3 Å². The second-order valence-electron chi connectivity index (χ2n) is 6.23. The van der Waals surface area contributed by atoms with Crippen LogP contribution in [-0.4, -0.2) is 64.1 Å². The third-order valence-electron chi connectivity index (χ3n) is 4.50. The lowest BCUT2D eigenvalue weighted by atomic mass is 10.3. The molecule has 1 saturated heterocycles. The summed E-state index contributed by atoms with van der Waals surface area (Å²) in [5, 5.41) is 0. The van der Waals surface area contributed by atoms with Gasteiger partial charge in [0.1, 0.15) is 23.9 Å². The minimum atomic E-state index is -3.65. The fourth-order valence-corrected chi connectivity index (χ4v) is 4.39. The number of benzene rings is 2. The van der Waals surface area contributed by atoms with Crippen molar-refractivity contribution in [3.8, 4) is 11.5 Å². The van der Waals surface area contributed by atoms with Gasteiger partial charge in [0.15, 0.2) is 0 Å². The van der Waals surface area contributed by atoms with Gasteiger partial charge in [0.05, 0.1) is 12.0 Å². The molecule has 0 bridgehead atoms. The quantitative estimate of drug-likeness (QED) is 0.721. The van der Waals surface area contributed by atoms with E-state index in [0.29, 0.717) is 39.3 Å². The number of ether oxygens (including phenoxy) is 2. The van der Waals surface area contributed by atoms with Gasteiger partial charge < -0.3 is 9.47 Å². The molecule has 0 amide bonds. The summed E-state index contributed by atoms with van der Waals surface area (Å²) in [4.78, 5) is 2.15. The number of hydrogen-bond acceptors (Lipinski definition) is 5. The summed E-state index contributed by atoms with van der Waals surface area (Å²) in [5.74, 6) is 0.992. The Kier molecular flexibility index (Phi) is 6.30. The van der Waals surface area contributed by atoms with Crippen molar-refractivity contribution >= 4 is 10.0 Å². The fourth-order valence-electron chi connectivity index (χ4n) is 2.93. The molecule has 8 heteroatoms. The van der Waals surface area contributed by atoms with Gasteiger partial charge in [-0.25, -0.2) is 12.8 Å². The summed E-state index contributed by atoms with van der Waals surface area (Å²) in [6.07, 6.45) is 0. The zero-order valence-electron chi connectivity index (χ0n) is 15.2. The van der Waals surface area contributed by atoms with Gasteiger partial charge in [0.2, 0.25) is 10.0 Å². The summed E-state index contributed by atoms with van der Waals surface area (Å²) >= 11 is 0. The van der Waals surface area contributed by atoms with Crippen LogP contribution in [0.3, 0.4) is 0 Å². The van der Waals surface area contributed by atoms with E-state index in [0.717, 1.165) is 17.6 Å². The predicted molar refractivity (Wildman–Crippen MR) is 100 cm³/mol. The lowest BCUT2D eigenvalue weighted by Crippen LogP contribution is -2.49. The van der Waals surface area contributed by atoms with Gasteiger partial charge in [0, 0.05) is 32.7 Å². The molecule has 0 saturated carbocycles. The van der Waals surface area contributed by atoms with Crippen LogP contribution < -0.4 is 9.47 Å². The highest BCUT2D eigenvalue weighted by atomic mass is 32.2. The van der Waals surface area contributed by atoms with Crippen molar-refractivity contribution in [3.05, 3.63) is 54.3 Å². The topological polar surface area (TPSA) is 59.1 Å². The summed E-state index contributed by atoms with van der Waals surface area (Å²) in [5.41, 5.74) is 0. The van der Waals surface area contributed by atoms with Gasteiger partial charge >= 0.3 is 0 Å². The molecule has 3 rings (SSSR count). The number of methoxy groups -OCH3 is 1. The van der Waals surface area contributed by atoms with Crippen LogP contribution in [0.25, 0.3) is 0 Å². The average Bonchev–Trinajstić information content (AvgIpc) is 2.69. The molecule has 0 spiro atoms. The van der Waals surface area contributed by atoms with Crippen LogP contribution in [0.5, 0.6) is 11.5 Å². The fraction of sp³-hybridized carbons (Fsp3) is 0.368. The molecular formula is C19H23FN2O4S. The standard InChI is InChI=1S/C19H23FN2O4S/c1-25-17-5-7-18(8-6-17)26-14-13-21-9-11-22(12-10-21)27(23,24)19-4-2-3-16(20)15-19/h2-8,15H,9-14H2,1H3. The molecule has 1 fully saturated rings. The van der Waals surface area contributed by atoms with E-state index in [2.05, 4.69) is 4.90 Å². The Balaban J connectivity index is 1.47. The number of piperazine rings is 1. The summed E-state index contributed by atoms with van der Waals surface area (Å²) in [6.45, 7) is 3.20. The van der Waals surface area contributed by atoms with Crippen LogP contribution in [0.1, 0.15) is 0 Å². The van der Waals surface area contributed by atoms with Gasteiger partial charge in [-0.1, -0.05) is 6.07 Å². The highest BCUT2D eigenvalue weighted by Crippen LogP contribution is 2.19. The molecule has 1 aliphatic rings.